The molecule has 10 heteroatoms. The monoisotopic (exact) mass is 621 g/mol. The van der Waals surface area contributed by atoms with Crippen LogP contribution in [0, 0.1) is 5.92 Å². The lowest BCUT2D eigenvalue weighted by Gasteiger charge is -2.31. The quantitative estimate of drug-likeness (QED) is 0.110. The molecule has 0 saturated heterocycles. The van der Waals surface area contributed by atoms with Gasteiger partial charge in [-0.2, -0.15) is 0 Å². The Morgan fingerprint density at radius 1 is 0.932 bits per heavy atom. The van der Waals surface area contributed by atoms with Crippen LogP contribution in [-0.4, -0.2) is 77.6 Å². The van der Waals surface area contributed by atoms with Crippen molar-refractivity contribution in [1.29, 1.82) is 0 Å². The highest BCUT2D eigenvalue weighted by molar-refractivity contribution is 7.97. The highest BCUT2D eigenvalue weighted by Gasteiger charge is 2.29. The first-order valence-corrected chi connectivity index (χ1v) is 15.4. The van der Waals surface area contributed by atoms with Gasteiger partial charge in [0.1, 0.15) is 0 Å². The molecule has 0 saturated carbocycles. The number of rotatable bonds is 18. The largest absolute Gasteiger partial charge is 0.453 e. The number of hydrogen-bond acceptors (Lipinski definition) is 9. The fraction of sp³-hybridized carbons (Fsp3) is 0.382. The topological polar surface area (TPSA) is 119 Å². The second-order valence-corrected chi connectivity index (χ2v) is 12.4. The van der Waals surface area contributed by atoms with Gasteiger partial charge in [0.15, 0.2) is 11.9 Å². The maximum Gasteiger partial charge on any atom is 0.293 e. The number of carbonyl (C=O) groups is 3. The van der Waals surface area contributed by atoms with E-state index in [1.165, 1.54) is 18.9 Å². The molecule has 3 unspecified atom stereocenters. The predicted octanol–water partition coefficient (Wildman–Crippen LogP) is 4.11. The molecule has 0 aromatic heterocycles. The number of ether oxygens (including phenoxy) is 1. The second-order valence-electron chi connectivity index (χ2n) is 11.2. The molecule has 3 atom stereocenters. The standard InChI is InChI=1S/C34H43N3O6S/c1-24(2)19-37(44-30-16-10-27(22-38)11-17-30)20-32(41)31(18-26-8-6-5-7-9-26)35-34(42)33(43-23-39)21-36(4)29-14-12-28(13-15-29)25(3)40/h5-17,23-24,31-33,38,41H,18-22H2,1-4H3,(H,35,42). The van der Waals surface area contributed by atoms with Crippen molar-refractivity contribution in [3.8, 4) is 0 Å². The van der Waals surface area contributed by atoms with Crippen molar-refractivity contribution in [3.05, 3.63) is 95.6 Å². The van der Waals surface area contributed by atoms with E-state index in [0.29, 0.717) is 24.4 Å². The molecule has 44 heavy (non-hydrogen) atoms. The van der Waals surface area contributed by atoms with Crippen molar-refractivity contribution >= 4 is 35.8 Å². The maximum absolute atomic E-state index is 13.5. The van der Waals surface area contributed by atoms with Crippen LogP contribution in [0.25, 0.3) is 0 Å². The summed E-state index contributed by atoms with van der Waals surface area (Å²) in [4.78, 5) is 39.3. The lowest BCUT2D eigenvalue weighted by molar-refractivity contribution is -0.145. The number of benzene rings is 3. The molecule has 0 aliphatic rings. The molecule has 3 rings (SSSR count). The van der Waals surface area contributed by atoms with Crippen molar-refractivity contribution in [3.63, 3.8) is 0 Å². The van der Waals surface area contributed by atoms with Gasteiger partial charge in [0.2, 0.25) is 0 Å². The van der Waals surface area contributed by atoms with E-state index >= 15 is 0 Å². The van der Waals surface area contributed by atoms with E-state index in [1.54, 1.807) is 36.2 Å². The minimum atomic E-state index is -1.14. The van der Waals surface area contributed by atoms with E-state index in [0.717, 1.165) is 21.7 Å². The molecule has 3 aromatic rings. The molecule has 3 aromatic carbocycles. The second kappa shape index (κ2) is 17.6. The highest BCUT2D eigenvalue weighted by atomic mass is 32.2. The van der Waals surface area contributed by atoms with Gasteiger partial charge in [-0.25, -0.2) is 4.31 Å². The van der Waals surface area contributed by atoms with Crippen molar-refractivity contribution < 1.29 is 29.3 Å². The van der Waals surface area contributed by atoms with Gasteiger partial charge < -0.3 is 25.2 Å². The number of ketones is 1. The van der Waals surface area contributed by atoms with Crippen LogP contribution in [0.5, 0.6) is 0 Å². The molecule has 0 aliphatic heterocycles. The summed E-state index contributed by atoms with van der Waals surface area (Å²) in [6, 6.07) is 23.5. The Morgan fingerprint density at radius 2 is 1.59 bits per heavy atom. The Labute approximate surface area is 264 Å². The predicted molar refractivity (Wildman–Crippen MR) is 173 cm³/mol. The lowest BCUT2D eigenvalue weighted by Crippen LogP contribution is -2.53. The number of carbonyl (C=O) groups excluding carboxylic acids is 3. The molecule has 0 bridgehead atoms. The number of aliphatic hydroxyl groups excluding tert-OH is 2. The summed E-state index contributed by atoms with van der Waals surface area (Å²) in [5.41, 5.74) is 3.08. The van der Waals surface area contributed by atoms with Crippen molar-refractivity contribution in [2.45, 2.75) is 56.9 Å². The Hall–Kier alpha value is -3.70. The van der Waals surface area contributed by atoms with Crippen LogP contribution in [0.2, 0.25) is 0 Å². The van der Waals surface area contributed by atoms with Gasteiger partial charge in [-0.05, 0) is 78.7 Å². The minimum absolute atomic E-state index is 0.0308. The van der Waals surface area contributed by atoms with Gasteiger partial charge in [-0.1, -0.05) is 56.3 Å². The van der Waals surface area contributed by atoms with E-state index in [1.807, 2.05) is 54.6 Å². The summed E-state index contributed by atoms with van der Waals surface area (Å²) in [5, 5.41) is 23.9. The molecule has 1 amide bonds. The summed E-state index contributed by atoms with van der Waals surface area (Å²) < 4.78 is 7.29. The van der Waals surface area contributed by atoms with Crippen LogP contribution >= 0.6 is 11.9 Å². The number of anilines is 1. The summed E-state index contributed by atoms with van der Waals surface area (Å²) in [5.74, 6) is -0.250. The fourth-order valence-corrected chi connectivity index (χ4v) is 5.84. The molecule has 0 fully saturated rings. The number of aliphatic hydroxyl groups is 2. The average Bonchev–Trinajstić information content (AvgIpc) is 3.01. The van der Waals surface area contributed by atoms with Crippen LogP contribution < -0.4 is 10.2 Å². The van der Waals surface area contributed by atoms with Gasteiger partial charge in [-0.15, -0.1) is 0 Å². The Kier molecular flexibility index (Phi) is 13.9. The molecule has 0 aliphatic carbocycles. The van der Waals surface area contributed by atoms with Crippen molar-refractivity contribution in [2.24, 2.45) is 5.92 Å². The van der Waals surface area contributed by atoms with E-state index in [2.05, 4.69) is 23.5 Å². The van der Waals surface area contributed by atoms with Crippen LogP contribution in [0.15, 0.2) is 83.8 Å². The molecule has 0 spiro atoms. The summed E-state index contributed by atoms with van der Waals surface area (Å²) in [7, 11) is 1.77. The van der Waals surface area contributed by atoms with E-state index < -0.39 is 24.2 Å². The van der Waals surface area contributed by atoms with Crippen LogP contribution in [-0.2, 0) is 27.4 Å². The van der Waals surface area contributed by atoms with E-state index in [4.69, 9.17) is 4.74 Å². The fourth-order valence-electron chi connectivity index (χ4n) is 4.68. The number of amides is 1. The number of nitrogens with one attached hydrogen (secondary N) is 1. The average molecular weight is 622 g/mol. The van der Waals surface area contributed by atoms with Gasteiger partial charge in [0.25, 0.3) is 12.4 Å². The molecule has 0 radical (unpaired) electrons. The zero-order chi connectivity index (χ0) is 32.1. The Balaban J connectivity index is 1.77. The number of nitrogens with zero attached hydrogens (tertiary/aromatic N) is 2. The maximum atomic E-state index is 13.5. The highest BCUT2D eigenvalue weighted by Crippen LogP contribution is 2.25. The van der Waals surface area contributed by atoms with Crippen molar-refractivity contribution in [2.75, 3.05) is 31.6 Å². The number of Topliss-reactive ketones (excluding diaryl/α,β-unsaturated/α-hetero) is 1. The van der Waals surface area contributed by atoms with Gasteiger partial charge >= 0.3 is 0 Å². The summed E-state index contributed by atoms with van der Waals surface area (Å²) >= 11 is 1.51. The third-order valence-electron chi connectivity index (χ3n) is 7.06. The summed E-state index contributed by atoms with van der Waals surface area (Å²) in [6.07, 6.45) is -1.72. The first-order chi connectivity index (χ1) is 21.1. The first-order valence-electron chi connectivity index (χ1n) is 14.7. The number of hydrogen-bond donors (Lipinski definition) is 3. The SMILES string of the molecule is CC(=O)c1ccc(N(C)CC(OC=O)C(=O)NC(Cc2ccccc2)C(O)CN(CC(C)C)Sc2ccc(CO)cc2)cc1. The van der Waals surface area contributed by atoms with Gasteiger partial charge in [0.05, 0.1) is 25.3 Å². The molecule has 9 nitrogen and oxygen atoms in total. The molecular formula is C34H43N3O6S. The molecule has 0 heterocycles. The zero-order valence-electron chi connectivity index (χ0n) is 25.8. The molecular weight excluding hydrogens is 578 g/mol. The molecule has 236 valence electrons. The van der Waals surface area contributed by atoms with Crippen LogP contribution in [0.3, 0.4) is 0 Å². The van der Waals surface area contributed by atoms with E-state index in [9.17, 15) is 24.6 Å². The van der Waals surface area contributed by atoms with Crippen LogP contribution in [0.4, 0.5) is 5.69 Å². The van der Waals surface area contributed by atoms with Crippen molar-refractivity contribution in [1.82, 2.24) is 9.62 Å². The van der Waals surface area contributed by atoms with E-state index in [-0.39, 0.29) is 32.0 Å². The van der Waals surface area contributed by atoms with Crippen LogP contribution in [0.1, 0.15) is 42.3 Å². The van der Waals surface area contributed by atoms with Gasteiger partial charge in [-0.3, -0.25) is 14.4 Å². The third kappa shape index (κ3) is 11.1. The Morgan fingerprint density at radius 3 is 2.16 bits per heavy atom. The lowest BCUT2D eigenvalue weighted by atomic mass is 10.0. The first kappa shape index (κ1) is 34.8. The number of likely N-dealkylation sites (N-methyl/N-ethyl adjacent to an activating group) is 1. The minimum Gasteiger partial charge on any atom is -0.453 e. The summed E-state index contributed by atoms with van der Waals surface area (Å²) in [6.45, 7) is 6.95. The Bertz CT molecular complexity index is 1320. The normalized spacial score (nSPS) is 13.3. The molecule has 3 N–H and O–H groups in total. The third-order valence-corrected chi connectivity index (χ3v) is 8.10. The smallest absolute Gasteiger partial charge is 0.293 e. The zero-order valence-corrected chi connectivity index (χ0v) is 26.6. The van der Waals surface area contributed by atoms with Gasteiger partial charge in [0, 0.05) is 36.3 Å².